The Hall–Kier alpha value is -1.51. The quantitative estimate of drug-likeness (QED) is 0.580. The van der Waals surface area contributed by atoms with Gasteiger partial charge in [0.25, 0.3) is 0 Å². The van der Waals surface area contributed by atoms with Crippen LogP contribution >= 0.6 is 0 Å². The molecule has 1 rings (SSSR count). The molecule has 2 unspecified atom stereocenters. The maximum atomic E-state index is 11.8. The highest BCUT2D eigenvalue weighted by molar-refractivity contribution is 5.97. The van der Waals surface area contributed by atoms with E-state index in [2.05, 4.69) is 11.9 Å². The molecule has 1 heterocycles. The zero-order valence-corrected chi connectivity index (χ0v) is 10.4. The fourth-order valence-corrected chi connectivity index (χ4v) is 1.97. The van der Waals surface area contributed by atoms with E-state index in [9.17, 15) is 4.79 Å². The number of carbonyl (C=O) groups is 1. The first-order valence-corrected chi connectivity index (χ1v) is 5.45. The molecule has 0 aliphatic carbocycles. The zero-order valence-electron chi connectivity index (χ0n) is 10.4. The highest BCUT2D eigenvalue weighted by Gasteiger charge is 2.36. The van der Waals surface area contributed by atoms with Gasteiger partial charge in [0, 0.05) is 31.8 Å². The Bertz CT molecular complexity index is 353. The van der Waals surface area contributed by atoms with Gasteiger partial charge in [-0.2, -0.15) is 0 Å². The Morgan fingerprint density at radius 3 is 2.56 bits per heavy atom. The van der Waals surface area contributed by atoms with Gasteiger partial charge >= 0.3 is 0 Å². The molecule has 1 aliphatic rings. The molecule has 0 aromatic carbocycles. The van der Waals surface area contributed by atoms with Crippen LogP contribution in [0.15, 0.2) is 36.1 Å². The van der Waals surface area contributed by atoms with Gasteiger partial charge in [-0.15, -0.1) is 6.58 Å². The van der Waals surface area contributed by atoms with E-state index < -0.39 is 0 Å². The number of carbonyl (C=O) groups excluding carboxylic acids is 1. The lowest BCUT2D eigenvalue weighted by Crippen LogP contribution is -2.26. The maximum Gasteiger partial charge on any atom is 0.249 e. The van der Waals surface area contributed by atoms with Gasteiger partial charge in [0.1, 0.15) is 0 Å². The molecule has 3 nitrogen and oxygen atoms in total. The van der Waals surface area contributed by atoms with Crippen LogP contribution in [0.2, 0.25) is 0 Å². The third kappa shape index (κ3) is 2.35. The lowest BCUT2D eigenvalue weighted by Gasteiger charge is -2.17. The molecule has 2 atom stereocenters. The fraction of sp³-hybridized carbons (Fsp3) is 0.462. The Balaban J connectivity index is 3.14. The number of allylic oxidation sites excluding steroid dienone is 1. The Labute approximate surface area is 97.5 Å². The van der Waals surface area contributed by atoms with Crippen molar-refractivity contribution in [1.29, 1.82) is 0 Å². The van der Waals surface area contributed by atoms with Crippen molar-refractivity contribution in [1.82, 2.24) is 10.2 Å². The normalized spacial score (nSPS) is 28.1. The van der Waals surface area contributed by atoms with Crippen LogP contribution in [-0.2, 0) is 4.79 Å². The molecule has 1 fully saturated rings. The minimum atomic E-state index is 0.00444. The minimum absolute atomic E-state index is 0.00444. The Morgan fingerprint density at radius 2 is 2.12 bits per heavy atom. The van der Waals surface area contributed by atoms with Crippen molar-refractivity contribution in [3.05, 3.63) is 36.1 Å². The molecule has 0 aromatic rings. The second-order valence-electron chi connectivity index (χ2n) is 4.29. The van der Waals surface area contributed by atoms with Crippen molar-refractivity contribution in [3.8, 4) is 0 Å². The first-order chi connectivity index (χ1) is 7.51. The molecule has 0 saturated carbocycles. The molecule has 0 spiro atoms. The standard InChI is InChI=1S/C13H20N2O/c1-6-9(3)12-10(8-15(4)5)13(16)14-11(12)7-2/h6-8,11-12H,2H2,1,3-5H3,(H,14,16)/b9-6-,10-8-. The van der Waals surface area contributed by atoms with Crippen LogP contribution in [0.1, 0.15) is 13.8 Å². The Kier molecular flexibility index (Phi) is 3.93. The summed E-state index contributed by atoms with van der Waals surface area (Å²) < 4.78 is 0. The number of nitrogens with one attached hydrogen (secondary N) is 1. The van der Waals surface area contributed by atoms with Crippen LogP contribution in [0.5, 0.6) is 0 Å². The van der Waals surface area contributed by atoms with Crippen LogP contribution in [0.4, 0.5) is 0 Å². The van der Waals surface area contributed by atoms with E-state index in [1.54, 1.807) is 6.08 Å². The van der Waals surface area contributed by atoms with E-state index in [-0.39, 0.29) is 17.9 Å². The molecule has 1 aliphatic heterocycles. The summed E-state index contributed by atoms with van der Waals surface area (Å²) in [5.41, 5.74) is 2.00. The molecule has 1 amide bonds. The fourth-order valence-electron chi connectivity index (χ4n) is 1.97. The average molecular weight is 220 g/mol. The van der Waals surface area contributed by atoms with Gasteiger partial charge in [-0.3, -0.25) is 4.79 Å². The summed E-state index contributed by atoms with van der Waals surface area (Å²) in [6, 6.07) is 0.00917. The molecular weight excluding hydrogens is 200 g/mol. The van der Waals surface area contributed by atoms with Crippen molar-refractivity contribution in [3.63, 3.8) is 0 Å². The average Bonchev–Trinajstić information content (AvgIpc) is 2.54. The molecule has 0 bridgehead atoms. The first-order valence-electron chi connectivity index (χ1n) is 5.45. The smallest absolute Gasteiger partial charge is 0.249 e. The van der Waals surface area contributed by atoms with E-state index >= 15 is 0 Å². The van der Waals surface area contributed by atoms with Crippen LogP contribution in [-0.4, -0.2) is 30.9 Å². The second kappa shape index (κ2) is 5.01. The number of hydrogen-bond donors (Lipinski definition) is 1. The minimum Gasteiger partial charge on any atom is -0.383 e. The number of nitrogens with zero attached hydrogens (tertiary/aromatic N) is 1. The van der Waals surface area contributed by atoms with Crippen LogP contribution in [0, 0.1) is 5.92 Å². The topological polar surface area (TPSA) is 32.3 Å². The lowest BCUT2D eigenvalue weighted by atomic mass is 9.89. The molecule has 3 heteroatoms. The van der Waals surface area contributed by atoms with E-state index in [0.29, 0.717) is 0 Å². The molecule has 1 N–H and O–H groups in total. The predicted molar refractivity (Wildman–Crippen MR) is 66.8 cm³/mol. The SMILES string of the molecule is C=CC1NC(=O)/C(=C\N(C)C)C1/C(C)=C\C. The summed E-state index contributed by atoms with van der Waals surface area (Å²) >= 11 is 0. The molecule has 16 heavy (non-hydrogen) atoms. The highest BCUT2D eigenvalue weighted by Crippen LogP contribution is 2.30. The van der Waals surface area contributed by atoms with Crippen molar-refractivity contribution >= 4 is 5.91 Å². The van der Waals surface area contributed by atoms with Gasteiger partial charge in [-0.1, -0.05) is 17.7 Å². The van der Waals surface area contributed by atoms with Crippen LogP contribution in [0.25, 0.3) is 0 Å². The Morgan fingerprint density at radius 1 is 1.50 bits per heavy atom. The zero-order chi connectivity index (χ0) is 12.3. The molecule has 88 valence electrons. The van der Waals surface area contributed by atoms with E-state index in [1.165, 1.54) is 5.57 Å². The van der Waals surface area contributed by atoms with Gasteiger partial charge in [0.2, 0.25) is 5.91 Å². The van der Waals surface area contributed by atoms with E-state index in [4.69, 9.17) is 0 Å². The van der Waals surface area contributed by atoms with Crippen molar-refractivity contribution in [2.75, 3.05) is 14.1 Å². The summed E-state index contributed by atoms with van der Waals surface area (Å²) in [5, 5.41) is 2.93. The third-order valence-electron chi connectivity index (χ3n) is 2.85. The number of amides is 1. The molecular formula is C13H20N2O. The summed E-state index contributed by atoms with van der Waals surface area (Å²) in [5.74, 6) is 0.113. The highest BCUT2D eigenvalue weighted by atomic mass is 16.2. The lowest BCUT2D eigenvalue weighted by molar-refractivity contribution is -0.116. The van der Waals surface area contributed by atoms with E-state index in [1.807, 2.05) is 45.1 Å². The maximum absolute atomic E-state index is 11.8. The molecule has 1 saturated heterocycles. The van der Waals surface area contributed by atoms with Crippen molar-refractivity contribution in [2.24, 2.45) is 5.92 Å². The summed E-state index contributed by atoms with van der Waals surface area (Å²) in [6.07, 6.45) is 5.73. The van der Waals surface area contributed by atoms with Crippen molar-refractivity contribution in [2.45, 2.75) is 19.9 Å². The van der Waals surface area contributed by atoms with Gasteiger partial charge in [0.05, 0.1) is 6.04 Å². The number of hydrogen-bond acceptors (Lipinski definition) is 2. The monoisotopic (exact) mass is 220 g/mol. The van der Waals surface area contributed by atoms with Gasteiger partial charge < -0.3 is 10.2 Å². The summed E-state index contributed by atoms with van der Waals surface area (Å²) in [6.45, 7) is 7.81. The van der Waals surface area contributed by atoms with Crippen LogP contribution < -0.4 is 5.32 Å². The van der Waals surface area contributed by atoms with Crippen LogP contribution in [0.3, 0.4) is 0 Å². The second-order valence-corrected chi connectivity index (χ2v) is 4.29. The summed E-state index contributed by atoms with van der Waals surface area (Å²) in [4.78, 5) is 13.7. The first kappa shape index (κ1) is 12.6. The predicted octanol–water partition coefficient (Wildman–Crippen LogP) is 1.70. The van der Waals surface area contributed by atoms with Crippen molar-refractivity contribution < 1.29 is 4.79 Å². The summed E-state index contributed by atoms with van der Waals surface area (Å²) in [7, 11) is 3.84. The molecule has 0 aromatic heterocycles. The van der Waals surface area contributed by atoms with E-state index in [0.717, 1.165) is 5.57 Å². The molecule has 0 radical (unpaired) electrons. The third-order valence-corrected chi connectivity index (χ3v) is 2.85. The van der Waals surface area contributed by atoms with Gasteiger partial charge in [-0.05, 0) is 13.8 Å². The largest absolute Gasteiger partial charge is 0.383 e. The van der Waals surface area contributed by atoms with Gasteiger partial charge in [0.15, 0.2) is 0 Å². The van der Waals surface area contributed by atoms with Gasteiger partial charge in [-0.25, -0.2) is 0 Å². The number of rotatable bonds is 3.